The van der Waals surface area contributed by atoms with Crippen molar-refractivity contribution in [2.24, 2.45) is 0 Å². The van der Waals surface area contributed by atoms with Gasteiger partial charge in [-0.3, -0.25) is 10.1 Å². The Bertz CT molecular complexity index is 846. The molecule has 24 heavy (non-hydrogen) atoms. The maximum Gasteiger partial charge on any atom is 0.261 e. The molecule has 0 aliphatic carbocycles. The number of hydrogen-bond acceptors (Lipinski definition) is 4. The predicted octanol–water partition coefficient (Wildman–Crippen LogP) is 4.42. The van der Waals surface area contributed by atoms with E-state index in [0.29, 0.717) is 16.4 Å². The Labute approximate surface area is 142 Å². The standard InChI is InChI=1S/C18H15FN2O2S/c1-12-10-20-18(24-12)21-17(22)15-4-2-3-5-16(15)23-11-13-6-8-14(19)9-7-13/h2-10H,11H2,1H3,(H,20,21,22). The van der Waals surface area contributed by atoms with Gasteiger partial charge in [-0.05, 0) is 36.8 Å². The van der Waals surface area contributed by atoms with Gasteiger partial charge in [-0.1, -0.05) is 24.3 Å². The highest BCUT2D eigenvalue weighted by atomic mass is 32.1. The van der Waals surface area contributed by atoms with E-state index in [2.05, 4.69) is 10.3 Å². The first-order valence-electron chi connectivity index (χ1n) is 7.32. The van der Waals surface area contributed by atoms with Crippen LogP contribution in [0.3, 0.4) is 0 Å². The van der Waals surface area contributed by atoms with Crippen molar-refractivity contribution < 1.29 is 13.9 Å². The summed E-state index contributed by atoms with van der Waals surface area (Å²) >= 11 is 1.41. The molecule has 1 aromatic heterocycles. The number of anilines is 1. The van der Waals surface area contributed by atoms with E-state index in [1.807, 2.05) is 6.92 Å². The molecule has 4 nitrogen and oxygen atoms in total. The first-order valence-corrected chi connectivity index (χ1v) is 8.13. The van der Waals surface area contributed by atoms with E-state index >= 15 is 0 Å². The molecule has 6 heteroatoms. The number of hydrogen-bond donors (Lipinski definition) is 1. The van der Waals surface area contributed by atoms with Crippen LogP contribution in [-0.4, -0.2) is 10.9 Å². The Kier molecular flexibility index (Phi) is 4.86. The van der Waals surface area contributed by atoms with E-state index in [1.54, 1.807) is 42.6 Å². The minimum Gasteiger partial charge on any atom is -0.488 e. The average molecular weight is 342 g/mol. The Morgan fingerprint density at radius 3 is 2.67 bits per heavy atom. The SMILES string of the molecule is Cc1cnc(NC(=O)c2ccccc2OCc2ccc(F)cc2)s1. The van der Waals surface area contributed by atoms with Crippen LogP contribution in [0, 0.1) is 12.7 Å². The Hall–Kier alpha value is -2.73. The lowest BCUT2D eigenvalue weighted by molar-refractivity contribution is 0.102. The number of nitrogens with one attached hydrogen (secondary N) is 1. The normalized spacial score (nSPS) is 10.4. The van der Waals surface area contributed by atoms with Crippen molar-refractivity contribution in [1.82, 2.24) is 4.98 Å². The molecule has 0 bridgehead atoms. The summed E-state index contributed by atoms with van der Waals surface area (Å²) in [4.78, 5) is 17.6. The summed E-state index contributed by atoms with van der Waals surface area (Å²) in [5.41, 5.74) is 1.25. The molecule has 1 N–H and O–H groups in total. The summed E-state index contributed by atoms with van der Waals surface area (Å²) in [5, 5.41) is 3.31. The summed E-state index contributed by atoms with van der Waals surface area (Å²) in [6.45, 7) is 2.17. The highest BCUT2D eigenvalue weighted by Crippen LogP contribution is 2.23. The molecule has 0 atom stereocenters. The van der Waals surface area contributed by atoms with Crippen LogP contribution >= 0.6 is 11.3 Å². The molecule has 0 radical (unpaired) electrons. The van der Waals surface area contributed by atoms with Crippen molar-refractivity contribution in [3.63, 3.8) is 0 Å². The first kappa shape index (κ1) is 16.1. The van der Waals surface area contributed by atoms with Crippen LogP contribution in [0.1, 0.15) is 20.8 Å². The second kappa shape index (κ2) is 7.23. The number of benzene rings is 2. The number of halogens is 1. The second-order valence-corrected chi connectivity index (χ2v) is 6.38. The number of nitrogens with zero attached hydrogens (tertiary/aromatic N) is 1. The molecule has 3 rings (SSSR count). The Morgan fingerprint density at radius 1 is 1.21 bits per heavy atom. The third-order valence-corrected chi connectivity index (χ3v) is 4.11. The van der Waals surface area contributed by atoms with E-state index in [-0.39, 0.29) is 18.3 Å². The quantitative estimate of drug-likeness (QED) is 0.747. The number of carbonyl (C=O) groups is 1. The van der Waals surface area contributed by atoms with Crippen LogP contribution in [0.4, 0.5) is 9.52 Å². The van der Waals surface area contributed by atoms with Gasteiger partial charge in [-0.2, -0.15) is 0 Å². The number of thiazole rings is 1. The molecule has 0 unspecified atom stereocenters. The van der Waals surface area contributed by atoms with Gasteiger partial charge >= 0.3 is 0 Å². The summed E-state index contributed by atoms with van der Waals surface area (Å²) in [6.07, 6.45) is 1.71. The highest BCUT2D eigenvalue weighted by Gasteiger charge is 2.14. The molecule has 0 aliphatic rings. The number of rotatable bonds is 5. The molecule has 0 saturated carbocycles. The Morgan fingerprint density at radius 2 is 1.96 bits per heavy atom. The molecular formula is C18H15FN2O2S. The van der Waals surface area contributed by atoms with E-state index < -0.39 is 0 Å². The fraction of sp³-hybridized carbons (Fsp3) is 0.111. The molecule has 122 valence electrons. The van der Waals surface area contributed by atoms with Crippen LogP contribution < -0.4 is 10.1 Å². The van der Waals surface area contributed by atoms with Crippen LogP contribution in [0.25, 0.3) is 0 Å². The largest absolute Gasteiger partial charge is 0.488 e. The van der Waals surface area contributed by atoms with Gasteiger partial charge in [0.2, 0.25) is 0 Å². The third-order valence-electron chi connectivity index (χ3n) is 3.28. The maximum absolute atomic E-state index is 12.9. The van der Waals surface area contributed by atoms with Crippen LogP contribution in [0.2, 0.25) is 0 Å². The van der Waals surface area contributed by atoms with Crippen LogP contribution in [0.5, 0.6) is 5.75 Å². The van der Waals surface area contributed by atoms with Crippen molar-refractivity contribution in [3.05, 3.63) is 76.5 Å². The van der Waals surface area contributed by atoms with Crippen molar-refractivity contribution in [3.8, 4) is 5.75 Å². The first-order chi connectivity index (χ1) is 11.6. The van der Waals surface area contributed by atoms with E-state index in [1.165, 1.54) is 23.5 Å². The van der Waals surface area contributed by atoms with Crippen molar-refractivity contribution in [1.29, 1.82) is 0 Å². The molecule has 1 amide bonds. The maximum atomic E-state index is 12.9. The zero-order valence-corrected chi connectivity index (χ0v) is 13.8. The molecule has 0 fully saturated rings. The summed E-state index contributed by atoms with van der Waals surface area (Å²) < 4.78 is 18.7. The minimum atomic E-state index is -0.294. The zero-order valence-electron chi connectivity index (χ0n) is 13.0. The topological polar surface area (TPSA) is 51.2 Å². The van der Waals surface area contributed by atoms with E-state index in [0.717, 1.165) is 10.4 Å². The molecular weight excluding hydrogens is 327 g/mol. The molecule has 0 saturated heterocycles. The number of aromatic nitrogens is 1. The lowest BCUT2D eigenvalue weighted by Crippen LogP contribution is -2.13. The van der Waals surface area contributed by atoms with Gasteiger partial charge < -0.3 is 4.74 Å². The van der Waals surface area contributed by atoms with E-state index in [9.17, 15) is 9.18 Å². The second-order valence-electron chi connectivity index (χ2n) is 5.14. The zero-order chi connectivity index (χ0) is 16.9. The number of para-hydroxylation sites is 1. The summed E-state index contributed by atoms with van der Waals surface area (Å²) in [7, 11) is 0. The van der Waals surface area contributed by atoms with Gasteiger partial charge in [0.15, 0.2) is 5.13 Å². The van der Waals surface area contributed by atoms with Gasteiger partial charge in [-0.25, -0.2) is 9.37 Å². The fourth-order valence-electron chi connectivity index (χ4n) is 2.10. The number of amides is 1. The average Bonchev–Trinajstić information content (AvgIpc) is 2.99. The van der Waals surface area contributed by atoms with Gasteiger partial charge in [0, 0.05) is 11.1 Å². The lowest BCUT2D eigenvalue weighted by Gasteiger charge is -2.11. The van der Waals surface area contributed by atoms with E-state index in [4.69, 9.17) is 4.74 Å². The van der Waals surface area contributed by atoms with Gasteiger partial charge in [0.05, 0.1) is 5.56 Å². The highest BCUT2D eigenvalue weighted by molar-refractivity contribution is 7.15. The fourth-order valence-corrected chi connectivity index (χ4v) is 2.76. The summed E-state index contributed by atoms with van der Waals surface area (Å²) in [6, 6.07) is 13.0. The number of aryl methyl sites for hydroxylation is 1. The van der Waals surface area contributed by atoms with Crippen LogP contribution in [0.15, 0.2) is 54.7 Å². The van der Waals surface area contributed by atoms with Gasteiger partial charge in [0.25, 0.3) is 5.91 Å². The molecule has 1 heterocycles. The van der Waals surface area contributed by atoms with Gasteiger partial charge in [-0.15, -0.1) is 11.3 Å². The molecule has 2 aromatic carbocycles. The van der Waals surface area contributed by atoms with Crippen molar-refractivity contribution >= 4 is 22.4 Å². The smallest absolute Gasteiger partial charge is 0.261 e. The molecule has 3 aromatic rings. The molecule has 0 aliphatic heterocycles. The number of carbonyl (C=O) groups excluding carboxylic acids is 1. The van der Waals surface area contributed by atoms with Crippen LogP contribution in [-0.2, 0) is 6.61 Å². The van der Waals surface area contributed by atoms with Gasteiger partial charge in [0.1, 0.15) is 18.2 Å². The molecule has 0 spiro atoms. The van der Waals surface area contributed by atoms with Crippen molar-refractivity contribution in [2.75, 3.05) is 5.32 Å². The summed E-state index contributed by atoms with van der Waals surface area (Å²) in [5.74, 6) is -0.107. The third kappa shape index (κ3) is 3.97. The predicted molar refractivity (Wildman–Crippen MR) is 92.0 cm³/mol. The Balaban J connectivity index is 1.72. The minimum absolute atomic E-state index is 0.251. The van der Waals surface area contributed by atoms with Crippen molar-refractivity contribution in [2.45, 2.75) is 13.5 Å². The monoisotopic (exact) mass is 342 g/mol. The lowest BCUT2D eigenvalue weighted by atomic mass is 10.2. The number of ether oxygens (including phenoxy) is 1.